The first kappa shape index (κ1) is 12.7. The number of carbonyl (C=O) groups excluding carboxylic acids is 1. The summed E-state index contributed by atoms with van der Waals surface area (Å²) in [6, 6.07) is 7.90. The third-order valence-corrected chi connectivity index (χ3v) is 3.25. The minimum atomic E-state index is -0.398. The van der Waals surface area contributed by atoms with Gasteiger partial charge in [-0.05, 0) is 18.1 Å². The Hall–Kier alpha value is -2.37. The van der Waals surface area contributed by atoms with Gasteiger partial charge >= 0.3 is 5.97 Å². The average molecular weight is 274 g/mol. The van der Waals surface area contributed by atoms with Gasteiger partial charge in [0.1, 0.15) is 12.2 Å². The number of ether oxygens (including phenoxy) is 2. The molecule has 2 heterocycles. The summed E-state index contributed by atoms with van der Waals surface area (Å²) in [5.41, 5.74) is 1.13. The molecule has 0 aliphatic carbocycles. The second-order valence-corrected chi connectivity index (χ2v) is 4.62. The van der Waals surface area contributed by atoms with Crippen molar-refractivity contribution >= 4 is 5.97 Å². The van der Waals surface area contributed by atoms with E-state index in [2.05, 4.69) is 14.9 Å². The first-order valence-electron chi connectivity index (χ1n) is 6.36. The standard InChI is InChI=1S/C14H14N2O4/c1-18-13(17)7-12-15-14(16-20-12)10-6-9-4-2-3-5-11(9)19-8-10/h2-5,10H,6-8H2,1H3. The number of rotatable bonds is 3. The van der Waals surface area contributed by atoms with Crippen LogP contribution in [-0.4, -0.2) is 29.8 Å². The zero-order chi connectivity index (χ0) is 13.9. The molecule has 6 nitrogen and oxygen atoms in total. The van der Waals surface area contributed by atoms with Gasteiger partial charge in [0.25, 0.3) is 0 Å². The van der Waals surface area contributed by atoms with Gasteiger partial charge in [-0.2, -0.15) is 4.98 Å². The van der Waals surface area contributed by atoms with Gasteiger partial charge in [0.15, 0.2) is 5.82 Å². The largest absolute Gasteiger partial charge is 0.493 e. The van der Waals surface area contributed by atoms with Gasteiger partial charge in [0.2, 0.25) is 5.89 Å². The van der Waals surface area contributed by atoms with Crippen molar-refractivity contribution in [3.8, 4) is 5.75 Å². The van der Waals surface area contributed by atoms with E-state index in [1.54, 1.807) is 0 Å². The van der Waals surface area contributed by atoms with Gasteiger partial charge in [0, 0.05) is 0 Å². The predicted octanol–water partition coefficient (Wildman–Crippen LogP) is 1.50. The summed E-state index contributed by atoms with van der Waals surface area (Å²) >= 11 is 0. The Morgan fingerprint density at radius 1 is 1.45 bits per heavy atom. The zero-order valence-electron chi connectivity index (χ0n) is 11.0. The minimum absolute atomic E-state index is 0.00629. The van der Waals surface area contributed by atoms with Crippen LogP contribution >= 0.6 is 0 Å². The fourth-order valence-electron chi connectivity index (χ4n) is 2.20. The van der Waals surface area contributed by atoms with Crippen LogP contribution in [0.1, 0.15) is 23.2 Å². The van der Waals surface area contributed by atoms with Gasteiger partial charge in [-0.3, -0.25) is 4.79 Å². The topological polar surface area (TPSA) is 74.5 Å². The highest BCUT2D eigenvalue weighted by Crippen LogP contribution is 2.30. The number of esters is 1. The van der Waals surface area contributed by atoms with Crippen molar-refractivity contribution in [2.45, 2.75) is 18.8 Å². The molecule has 1 aromatic carbocycles. The van der Waals surface area contributed by atoms with Crippen LogP contribution in [-0.2, 0) is 22.4 Å². The zero-order valence-corrected chi connectivity index (χ0v) is 11.0. The highest BCUT2D eigenvalue weighted by atomic mass is 16.5. The smallest absolute Gasteiger partial charge is 0.315 e. The molecule has 0 fully saturated rings. The molecule has 1 aliphatic rings. The molecule has 0 saturated heterocycles. The average Bonchev–Trinajstić information content (AvgIpc) is 2.95. The molecule has 104 valence electrons. The Kier molecular flexibility index (Phi) is 3.37. The van der Waals surface area contributed by atoms with Crippen LogP contribution in [0.2, 0.25) is 0 Å². The van der Waals surface area contributed by atoms with E-state index in [0.717, 1.165) is 17.7 Å². The van der Waals surface area contributed by atoms with Gasteiger partial charge in [-0.15, -0.1) is 0 Å². The van der Waals surface area contributed by atoms with E-state index < -0.39 is 5.97 Å². The Balaban J connectivity index is 1.73. The molecule has 0 saturated carbocycles. The normalized spacial score (nSPS) is 17.1. The molecule has 0 radical (unpaired) electrons. The van der Waals surface area contributed by atoms with Crippen LogP contribution in [0.15, 0.2) is 28.8 Å². The summed E-state index contributed by atoms with van der Waals surface area (Å²) in [7, 11) is 1.32. The van der Waals surface area contributed by atoms with Crippen molar-refractivity contribution in [1.82, 2.24) is 10.1 Å². The highest BCUT2D eigenvalue weighted by Gasteiger charge is 2.25. The van der Waals surface area contributed by atoms with Crippen molar-refractivity contribution in [2.75, 3.05) is 13.7 Å². The number of carbonyl (C=O) groups is 1. The summed E-state index contributed by atoms with van der Waals surface area (Å²) in [5.74, 6) is 1.39. The van der Waals surface area contributed by atoms with Crippen LogP contribution in [0.5, 0.6) is 5.75 Å². The maximum atomic E-state index is 11.2. The van der Waals surface area contributed by atoms with Crippen LogP contribution in [0.3, 0.4) is 0 Å². The molecule has 20 heavy (non-hydrogen) atoms. The maximum absolute atomic E-state index is 11.2. The number of hydrogen-bond donors (Lipinski definition) is 0. The number of methoxy groups -OCH3 is 1. The number of para-hydroxylation sites is 1. The van der Waals surface area contributed by atoms with E-state index in [-0.39, 0.29) is 18.2 Å². The molecular weight excluding hydrogens is 260 g/mol. The molecule has 0 N–H and O–H groups in total. The summed E-state index contributed by atoms with van der Waals surface area (Å²) in [6.45, 7) is 0.508. The summed E-state index contributed by atoms with van der Waals surface area (Å²) in [4.78, 5) is 15.4. The molecule has 2 aromatic rings. The Labute approximate surface area is 115 Å². The van der Waals surface area contributed by atoms with E-state index in [1.165, 1.54) is 7.11 Å². The fraction of sp³-hybridized carbons (Fsp3) is 0.357. The van der Waals surface area contributed by atoms with E-state index in [4.69, 9.17) is 9.26 Å². The third-order valence-electron chi connectivity index (χ3n) is 3.25. The lowest BCUT2D eigenvalue weighted by molar-refractivity contribution is -0.140. The lowest BCUT2D eigenvalue weighted by atomic mass is 9.96. The Morgan fingerprint density at radius 3 is 3.15 bits per heavy atom. The van der Waals surface area contributed by atoms with Crippen molar-refractivity contribution in [1.29, 1.82) is 0 Å². The maximum Gasteiger partial charge on any atom is 0.315 e. The van der Waals surface area contributed by atoms with Crippen LogP contribution < -0.4 is 4.74 Å². The van der Waals surface area contributed by atoms with Crippen molar-refractivity contribution in [3.05, 3.63) is 41.5 Å². The molecule has 0 amide bonds. The number of benzene rings is 1. The lowest BCUT2D eigenvalue weighted by Crippen LogP contribution is -2.20. The number of aromatic nitrogens is 2. The molecule has 6 heteroatoms. The first-order chi connectivity index (χ1) is 9.76. The lowest BCUT2D eigenvalue weighted by Gasteiger charge is -2.22. The molecule has 3 rings (SSSR count). The summed E-state index contributed by atoms with van der Waals surface area (Å²) < 4.78 is 15.3. The van der Waals surface area contributed by atoms with E-state index >= 15 is 0 Å². The Bertz CT molecular complexity index is 623. The second-order valence-electron chi connectivity index (χ2n) is 4.62. The minimum Gasteiger partial charge on any atom is -0.493 e. The monoisotopic (exact) mass is 274 g/mol. The van der Waals surface area contributed by atoms with Crippen LogP contribution in [0.25, 0.3) is 0 Å². The first-order valence-corrected chi connectivity index (χ1v) is 6.36. The molecule has 1 atom stereocenters. The van der Waals surface area contributed by atoms with E-state index in [0.29, 0.717) is 12.4 Å². The highest BCUT2D eigenvalue weighted by molar-refractivity contribution is 5.71. The summed E-state index contributed by atoms with van der Waals surface area (Å²) in [5, 5.41) is 3.93. The number of hydrogen-bond acceptors (Lipinski definition) is 6. The number of nitrogens with zero attached hydrogens (tertiary/aromatic N) is 2. The molecule has 1 unspecified atom stereocenters. The quantitative estimate of drug-likeness (QED) is 0.790. The predicted molar refractivity (Wildman–Crippen MR) is 68.4 cm³/mol. The SMILES string of the molecule is COC(=O)Cc1nc(C2COc3ccccc3C2)no1. The molecular formula is C14H14N2O4. The molecule has 0 spiro atoms. The van der Waals surface area contributed by atoms with Gasteiger partial charge in [-0.25, -0.2) is 0 Å². The van der Waals surface area contributed by atoms with Gasteiger partial charge in [0.05, 0.1) is 19.6 Å². The number of fused-ring (bicyclic) bond motifs is 1. The fourth-order valence-corrected chi connectivity index (χ4v) is 2.20. The van der Waals surface area contributed by atoms with Crippen LogP contribution in [0.4, 0.5) is 0 Å². The van der Waals surface area contributed by atoms with Crippen molar-refractivity contribution in [3.63, 3.8) is 0 Å². The van der Waals surface area contributed by atoms with Crippen molar-refractivity contribution < 1.29 is 18.8 Å². The summed E-state index contributed by atoms with van der Waals surface area (Å²) in [6.07, 6.45) is 0.793. The van der Waals surface area contributed by atoms with E-state index in [1.807, 2.05) is 24.3 Å². The van der Waals surface area contributed by atoms with E-state index in [9.17, 15) is 4.79 Å². The molecule has 1 aliphatic heterocycles. The van der Waals surface area contributed by atoms with Gasteiger partial charge in [-0.1, -0.05) is 23.4 Å². The molecule has 1 aromatic heterocycles. The molecule has 0 bridgehead atoms. The third kappa shape index (κ3) is 2.49. The Morgan fingerprint density at radius 2 is 2.30 bits per heavy atom. The van der Waals surface area contributed by atoms with Crippen LogP contribution in [0, 0.1) is 0 Å². The second kappa shape index (κ2) is 5.32. The van der Waals surface area contributed by atoms with Crippen molar-refractivity contribution in [2.24, 2.45) is 0 Å². The van der Waals surface area contributed by atoms with Gasteiger partial charge < -0.3 is 14.0 Å².